The van der Waals surface area contributed by atoms with Crippen molar-refractivity contribution in [3.05, 3.63) is 46.6 Å². The summed E-state index contributed by atoms with van der Waals surface area (Å²) in [5.41, 5.74) is -0.142. The van der Waals surface area contributed by atoms with Gasteiger partial charge in [-0.1, -0.05) is 0 Å². The Labute approximate surface area is 124 Å². The van der Waals surface area contributed by atoms with Gasteiger partial charge in [-0.15, -0.1) is 0 Å². The van der Waals surface area contributed by atoms with Crippen molar-refractivity contribution < 1.29 is 9.50 Å². The van der Waals surface area contributed by atoms with Gasteiger partial charge in [-0.05, 0) is 37.1 Å². The summed E-state index contributed by atoms with van der Waals surface area (Å²) in [7, 11) is 0. The van der Waals surface area contributed by atoms with Crippen molar-refractivity contribution >= 4 is 27.5 Å². The van der Waals surface area contributed by atoms with Crippen molar-refractivity contribution in [3.63, 3.8) is 0 Å². The maximum absolute atomic E-state index is 13.7. The van der Waals surface area contributed by atoms with E-state index in [2.05, 4.69) is 15.3 Å². The molecule has 0 spiro atoms. The molecule has 22 heavy (non-hydrogen) atoms. The van der Waals surface area contributed by atoms with Crippen molar-refractivity contribution in [2.45, 2.75) is 18.4 Å². The monoisotopic (exact) mass is 299 g/mol. The Kier molecular flexibility index (Phi) is 2.71. The second-order valence-electron chi connectivity index (χ2n) is 5.78. The normalized spacial score (nSPS) is 16.1. The number of aromatic nitrogens is 2. The van der Waals surface area contributed by atoms with E-state index >= 15 is 0 Å². The van der Waals surface area contributed by atoms with Crippen LogP contribution in [-0.2, 0) is 0 Å². The first-order chi connectivity index (χ1) is 10.6. The number of benzene rings is 1. The van der Waals surface area contributed by atoms with Crippen molar-refractivity contribution in [1.82, 2.24) is 9.97 Å². The predicted octanol–water partition coefficient (Wildman–Crippen LogP) is 2.15. The lowest BCUT2D eigenvalue weighted by Crippen LogP contribution is -2.26. The smallest absolute Gasteiger partial charge is 0.258 e. The molecule has 1 aliphatic rings. The number of hydrogen-bond acceptors (Lipinski definition) is 4. The predicted molar refractivity (Wildman–Crippen MR) is 82.5 cm³/mol. The van der Waals surface area contributed by atoms with Crippen LogP contribution in [0.3, 0.4) is 0 Å². The molecule has 0 aliphatic heterocycles. The van der Waals surface area contributed by atoms with E-state index < -0.39 is 5.82 Å². The molecule has 0 saturated heterocycles. The Balaban J connectivity index is 2.05. The molecule has 0 radical (unpaired) electrons. The quantitative estimate of drug-likeness (QED) is 0.648. The number of aliphatic hydroxyl groups is 1. The first-order valence-electron chi connectivity index (χ1n) is 7.12. The molecule has 0 atom stereocenters. The molecule has 112 valence electrons. The van der Waals surface area contributed by atoms with Gasteiger partial charge in [0, 0.05) is 17.0 Å². The van der Waals surface area contributed by atoms with Crippen LogP contribution in [0.1, 0.15) is 12.8 Å². The highest BCUT2D eigenvalue weighted by atomic mass is 19.1. The highest BCUT2D eigenvalue weighted by Crippen LogP contribution is 2.40. The summed E-state index contributed by atoms with van der Waals surface area (Å²) in [5.74, 6) is 0.164. The maximum atomic E-state index is 13.7. The topological polar surface area (TPSA) is 78.0 Å². The van der Waals surface area contributed by atoms with Gasteiger partial charge in [0.15, 0.2) is 0 Å². The van der Waals surface area contributed by atoms with E-state index in [9.17, 15) is 14.3 Å². The molecule has 1 fully saturated rings. The molecule has 0 amide bonds. The van der Waals surface area contributed by atoms with E-state index in [1.165, 1.54) is 18.3 Å². The fraction of sp³-hybridized carbons (Fsp3) is 0.250. The van der Waals surface area contributed by atoms with Crippen LogP contribution >= 0.6 is 0 Å². The van der Waals surface area contributed by atoms with Crippen LogP contribution in [-0.4, -0.2) is 27.2 Å². The molecular weight excluding hydrogens is 285 g/mol. The summed E-state index contributed by atoms with van der Waals surface area (Å²) >= 11 is 0. The number of anilines is 1. The second-order valence-corrected chi connectivity index (χ2v) is 5.78. The molecule has 0 unspecified atom stereocenters. The zero-order valence-electron chi connectivity index (χ0n) is 11.7. The number of halogens is 1. The lowest BCUT2D eigenvalue weighted by molar-refractivity contribution is 0.266. The Morgan fingerprint density at radius 2 is 2.14 bits per heavy atom. The summed E-state index contributed by atoms with van der Waals surface area (Å²) in [6.07, 6.45) is 3.24. The third-order valence-corrected chi connectivity index (χ3v) is 4.22. The molecule has 2 heterocycles. The van der Waals surface area contributed by atoms with E-state index in [-0.39, 0.29) is 17.7 Å². The highest BCUT2D eigenvalue weighted by Gasteiger charge is 2.42. The van der Waals surface area contributed by atoms with Gasteiger partial charge in [0.1, 0.15) is 11.6 Å². The van der Waals surface area contributed by atoms with Gasteiger partial charge in [-0.3, -0.25) is 4.79 Å². The van der Waals surface area contributed by atoms with E-state index in [0.29, 0.717) is 27.5 Å². The molecule has 1 saturated carbocycles. The first kappa shape index (κ1) is 13.2. The van der Waals surface area contributed by atoms with Crippen molar-refractivity contribution in [1.29, 1.82) is 0 Å². The summed E-state index contributed by atoms with van der Waals surface area (Å²) in [4.78, 5) is 19.2. The minimum absolute atomic E-state index is 0.0186. The molecular formula is C16H14FN3O2. The van der Waals surface area contributed by atoms with Gasteiger partial charge in [0.25, 0.3) is 5.56 Å². The molecule has 4 rings (SSSR count). The standard InChI is InChI=1S/C16H14FN3O2/c17-9-1-2-10-11(7-9)13-12(3-6-18-15(13)22)19-14(10)20-16(8-21)4-5-16/h1-3,6-7,21H,4-5,8H2,(H,18,22)(H,19,20). The van der Waals surface area contributed by atoms with Crippen LogP contribution in [0.5, 0.6) is 0 Å². The van der Waals surface area contributed by atoms with Crippen LogP contribution in [0, 0.1) is 5.82 Å². The molecule has 5 nitrogen and oxygen atoms in total. The lowest BCUT2D eigenvalue weighted by atomic mass is 10.1. The summed E-state index contributed by atoms with van der Waals surface area (Å²) in [5, 5.41) is 14.3. The van der Waals surface area contributed by atoms with Gasteiger partial charge < -0.3 is 15.4 Å². The Morgan fingerprint density at radius 3 is 2.86 bits per heavy atom. The largest absolute Gasteiger partial charge is 0.394 e. The van der Waals surface area contributed by atoms with Crippen molar-refractivity contribution in [3.8, 4) is 0 Å². The number of rotatable bonds is 3. The molecule has 2 aromatic heterocycles. The SMILES string of the molecule is O=c1[nH]ccc2nc(NC3(CO)CC3)c3ccc(F)cc3c12. The third-order valence-electron chi connectivity index (χ3n) is 4.22. The zero-order chi connectivity index (χ0) is 15.3. The van der Waals surface area contributed by atoms with Crippen LogP contribution in [0.2, 0.25) is 0 Å². The number of nitrogens with one attached hydrogen (secondary N) is 2. The number of aliphatic hydroxyl groups excluding tert-OH is 1. The van der Waals surface area contributed by atoms with Gasteiger partial charge in [0.2, 0.25) is 0 Å². The molecule has 3 aromatic rings. The Bertz CT molecular complexity index is 947. The average Bonchev–Trinajstić information content (AvgIpc) is 3.27. The Morgan fingerprint density at radius 1 is 1.32 bits per heavy atom. The van der Waals surface area contributed by atoms with Crippen LogP contribution in [0.15, 0.2) is 35.3 Å². The van der Waals surface area contributed by atoms with Crippen LogP contribution in [0.25, 0.3) is 21.7 Å². The molecule has 0 bridgehead atoms. The molecule has 3 N–H and O–H groups in total. The zero-order valence-corrected chi connectivity index (χ0v) is 11.7. The minimum atomic E-state index is -0.405. The number of nitrogens with zero attached hydrogens (tertiary/aromatic N) is 1. The van der Waals surface area contributed by atoms with Gasteiger partial charge >= 0.3 is 0 Å². The van der Waals surface area contributed by atoms with Crippen molar-refractivity contribution in [2.24, 2.45) is 0 Å². The van der Waals surface area contributed by atoms with Crippen LogP contribution < -0.4 is 10.9 Å². The number of hydrogen-bond donors (Lipinski definition) is 3. The number of fused-ring (bicyclic) bond motifs is 3. The molecule has 1 aromatic carbocycles. The summed E-state index contributed by atoms with van der Waals surface area (Å²) < 4.78 is 13.7. The highest BCUT2D eigenvalue weighted by molar-refractivity contribution is 6.09. The minimum Gasteiger partial charge on any atom is -0.394 e. The molecule has 6 heteroatoms. The Hall–Kier alpha value is -2.47. The van der Waals surface area contributed by atoms with Gasteiger partial charge in [-0.25, -0.2) is 9.37 Å². The van der Waals surface area contributed by atoms with Crippen LogP contribution in [0.4, 0.5) is 10.2 Å². The van der Waals surface area contributed by atoms with E-state index in [1.807, 2.05) is 0 Å². The van der Waals surface area contributed by atoms with Gasteiger partial charge in [0.05, 0.1) is 23.0 Å². The van der Waals surface area contributed by atoms with E-state index in [4.69, 9.17) is 0 Å². The lowest BCUT2D eigenvalue weighted by Gasteiger charge is -2.17. The molecule has 1 aliphatic carbocycles. The fourth-order valence-electron chi connectivity index (χ4n) is 2.75. The second kappa shape index (κ2) is 4.51. The number of H-pyrrole nitrogens is 1. The van der Waals surface area contributed by atoms with E-state index in [0.717, 1.165) is 12.8 Å². The summed E-state index contributed by atoms with van der Waals surface area (Å²) in [6, 6.07) is 5.99. The first-order valence-corrected chi connectivity index (χ1v) is 7.12. The third kappa shape index (κ3) is 1.95. The average molecular weight is 299 g/mol. The maximum Gasteiger partial charge on any atom is 0.258 e. The number of aromatic amines is 1. The number of pyridine rings is 2. The van der Waals surface area contributed by atoms with Crippen molar-refractivity contribution in [2.75, 3.05) is 11.9 Å². The van der Waals surface area contributed by atoms with E-state index in [1.54, 1.807) is 12.1 Å². The summed E-state index contributed by atoms with van der Waals surface area (Å²) in [6.45, 7) is 0.0186. The van der Waals surface area contributed by atoms with Gasteiger partial charge in [-0.2, -0.15) is 0 Å². The fourth-order valence-corrected chi connectivity index (χ4v) is 2.75.